The number of hydrogen-bond acceptors (Lipinski definition) is 6. The van der Waals surface area contributed by atoms with Crippen molar-refractivity contribution in [3.63, 3.8) is 0 Å². The third kappa shape index (κ3) is 7.92. The van der Waals surface area contributed by atoms with Crippen molar-refractivity contribution in [2.24, 2.45) is 0 Å². The molecule has 0 saturated carbocycles. The van der Waals surface area contributed by atoms with Crippen molar-refractivity contribution < 1.29 is 28.6 Å². The molecule has 0 aliphatic heterocycles. The van der Waals surface area contributed by atoms with Crippen LogP contribution in [0.3, 0.4) is 0 Å². The van der Waals surface area contributed by atoms with Gasteiger partial charge in [-0.1, -0.05) is 42.5 Å². The van der Waals surface area contributed by atoms with E-state index in [0.29, 0.717) is 12.1 Å². The van der Waals surface area contributed by atoms with Crippen LogP contribution in [0, 0.1) is 0 Å². The molecule has 0 saturated heterocycles. The highest BCUT2D eigenvalue weighted by Gasteiger charge is 2.13. The number of rotatable bonds is 8. The van der Waals surface area contributed by atoms with E-state index < -0.39 is 24.3 Å². The Hall–Kier alpha value is -3.55. The van der Waals surface area contributed by atoms with Gasteiger partial charge in [-0.25, -0.2) is 14.4 Å². The molecule has 0 bridgehead atoms. The monoisotopic (exact) mass is 400 g/mol. The summed E-state index contributed by atoms with van der Waals surface area (Å²) >= 11 is 0. The Bertz CT molecular complexity index is 825. The summed E-state index contributed by atoms with van der Waals surface area (Å²) in [4.78, 5) is 34.9. The van der Waals surface area contributed by atoms with E-state index in [1.54, 1.807) is 37.3 Å². The van der Waals surface area contributed by atoms with E-state index in [1.807, 2.05) is 24.3 Å². The maximum atomic E-state index is 11.9. The number of alkyl carbamates (subject to hydrolysis) is 2. The van der Waals surface area contributed by atoms with Gasteiger partial charge in [0.25, 0.3) is 0 Å². The molecule has 0 heterocycles. The Balaban J connectivity index is 1.71. The van der Waals surface area contributed by atoms with E-state index in [2.05, 4.69) is 15.4 Å². The summed E-state index contributed by atoms with van der Waals surface area (Å²) in [6.45, 7) is 2.15. The van der Waals surface area contributed by atoms with Crippen molar-refractivity contribution in [3.05, 3.63) is 71.3 Å². The third-order valence-corrected chi connectivity index (χ3v) is 3.82. The van der Waals surface area contributed by atoms with E-state index in [9.17, 15) is 14.4 Å². The molecule has 8 nitrogen and oxygen atoms in total. The number of hydrogen-bond donors (Lipinski definition) is 2. The molecule has 29 heavy (non-hydrogen) atoms. The van der Waals surface area contributed by atoms with Crippen molar-refractivity contribution in [2.75, 3.05) is 13.7 Å². The van der Waals surface area contributed by atoms with E-state index in [4.69, 9.17) is 9.47 Å². The van der Waals surface area contributed by atoms with Gasteiger partial charge in [-0.2, -0.15) is 0 Å². The summed E-state index contributed by atoms with van der Waals surface area (Å²) < 4.78 is 14.8. The second kappa shape index (κ2) is 11.3. The molecule has 2 N–H and O–H groups in total. The average molecular weight is 400 g/mol. The van der Waals surface area contributed by atoms with Crippen LogP contribution in [0.4, 0.5) is 9.59 Å². The first-order valence-corrected chi connectivity index (χ1v) is 9.04. The SMILES string of the molecule is COC(=O)NCc1cccc(CNC(=O)OCC(C)OC(=O)c2ccccc2)c1. The van der Waals surface area contributed by atoms with Crippen molar-refractivity contribution in [1.82, 2.24) is 10.6 Å². The van der Waals surface area contributed by atoms with Crippen LogP contribution in [0.1, 0.15) is 28.4 Å². The molecular formula is C21H24N2O6. The van der Waals surface area contributed by atoms with Crippen LogP contribution in [-0.4, -0.2) is 38.0 Å². The summed E-state index contributed by atoms with van der Waals surface area (Å²) in [5.74, 6) is -0.473. The Morgan fingerprint density at radius 2 is 1.52 bits per heavy atom. The first-order valence-electron chi connectivity index (χ1n) is 9.04. The van der Waals surface area contributed by atoms with Crippen LogP contribution in [0.2, 0.25) is 0 Å². The van der Waals surface area contributed by atoms with Crippen molar-refractivity contribution in [1.29, 1.82) is 0 Å². The third-order valence-electron chi connectivity index (χ3n) is 3.82. The summed E-state index contributed by atoms with van der Waals surface area (Å²) in [5.41, 5.74) is 2.14. The molecule has 0 aliphatic rings. The number of benzene rings is 2. The lowest BCUT2D eigenvalue weighted by molar-refractivity contribution is 0.0151. The van der Waals surface area contributed by atoms with E-state index >= 15 is 0 Å². The highest BCUT2D eigenvalue weighted by atomic mass is 16.6. The molecule has 2 aromatic rings. The van der Waals surface area contributed by atoms with Gasteiger partial charge in [0.15, 0.2) is 0 Å². The fourth-order valence-corrected chi connectivity index (χ4v) is 2.37. The van der Waals surface area contributed by atoms with Gasteiger partial charge in [-0.15, -0.1) is 0 Å². The molecule has 1 atom stereocenters. The van der Waals surface area contributed by atoms with Gasteiger partial charge >= 0.3 is 18.2 Å². The predicted molar refractivity (Wildman–Crippen MR) is 105 cm³/mol. The number of amides is 2. The molecule has 0 aliphatic carbocycles. The van der Waals surface area contributed by atoms with Crippen molar-refractivity contribution >= 4 is 18.2 Å². The Morgan fingerprint density at radius 1 is 0.897 bits per heavy atom. The quantitative estimate of drug-likeness (QED) is 0.522. The molecule has 2 aromatic carbocycles. The zero-order chi connectivity index (χ0) is 21.1. The largest absolute Gasteiger partial charge is 0.455 e. The second-order valence-electron chi connectivity index (χ2n) is 6.20. The maximum Gasteiger partial charge on any atom is 0.407 e. The van der Waals surface area contributed by atoms with Crippen LogP contribution >= 0.6 is 0 Å². The lowest BCUT2D eigenvalue weighted by Crippen LogP contribution is -2.28. The molecule has 154 valence electrons. The number of nitrogens with one attached hydrogen (secondary N) is 2. The number of methoxy groups -OCH3 is 1. The van der Waals surface area contributed by atoms with E-state index in [-0.39, 0.29) is 13.2 Å². The van der Waals surface area contributed by atoms with Crippen molar-refractivity contribution in [3.8, 4) is 0 Å². The molecule has 0 radical (unpaired) electrons. The highest BCUT2D eigenvalue weighted by Crippen LogP contribution is 2.06. The second-order valence-corrected chi connectivity index (χ2v) is 6.20. The van der Waals surface area contributed by atoms with Crippen molar-refractivity contribution in [2.45, 2.75) is 26.1 Å². The predicted octanol–water partition coefficient (Wildman–Crippen LogP) is 3.01. The number of carbonyl (C=O) groups is 3. The Kier molecular flexibility index (Phi) is 8.50. The number of esters is 1. The first-order chi connectivity index (χ1) is 14.0. The van der Waals surface area contributed by atoms with Gasteiger partial charge in [0.05, 0.1) is 12.7 Å². The maximum absolute atomic E-state index is 11.9. The van der Waals surface area contributed by atoms with E-state index in [1.165, 1.54) is 7.11 Å². The fourth-order valence-electron chi connectivity index (χ4n) is 2.37. The minimum Gasteiger partial charge on any atom is -0.455 e. The summed E-state index contributed by atoms with van der Waals surface area (Å²) in [7, 11) is 1.30. The molecule has 2 rings (SSSR count). The van der Waals surface area contributed by atoms with Crippen LogP contribution in [-0.2, 0) is 27.3 Å². The Labute approximate surface area is 169 Å². The smallest absolute Gasteiger partial charge is 0.407 e. The average Bonchev–Trinajstić information content (AvgIpc) is 2.75. The van der Waals surface area contributed by atoms with Crippen LogP contribution < -0.4 is 10.6 Å². The van der Waals surface area contributed by atoms with Gasteiger partial charge in [-0.3, -0.25) is 0 Å². The normalized spacial score (nSPS) is 11.1. The molecule has 1 unspecified atom stereocenters. The van der Waals surface area contributed by atoms with Gasteiger partial charge in [0, 0.05) is 13.1 Å². The molecule has 2 amide bonds. The molecule has 0 spiro atoms. The zero-order valence-electron chi connectivity index (χ0n) is 16.3. The molecule has 0 aromatic heterocycles. The molecule has 0 fully saturated rings. The van der Waals surface area contributed by atoms with Gasteiger partial charge < -0.3 is 24.8 Å². The minimum atomic E-state index is -0.620. The minimum absolute atomic E-state index is 0.0620. The summed E-state index contributed by atoms with van der Waals surface area (Å²) in [5, 5.41) is 5.22. The topological polar surface area (TPSA) is 103 Å². The zero-order valence-corrected chi connectivity index (χ0v) is 16.3. The van der Waals surface area contributed by atoms with E-state index in [0.717, 1.165) is 11.1 Å². The first kappa shape index (κ1) is 21.7. The summed E-state index contributed by atoms with van der Waals surface area (Å²) in [6, 6.07) is 15.9. The fraction of sp³-hybridized carbons (Fsp3) is 0.286. The number of carbonyl (C=O) groups excluding carboxylic acids is 3. The molecular weight excluding hydrogens is 376 g/mol. The van der Waals surface area contributed by atoms with Gasteiger partial charge in [0.2, 0.25) is 0 Å². The van der Waals surface area contributed by atoms with Crippen LogP contribution in [0.15, 0.2) is 54.6 Å². The van der Waals surface area contributed by atoms with Gasteiger partial charge in [-0.05, 0) is 30.2 Å². The highest BCUT2D eigenvalue weighted by molar-refractivity contribution is 5.89. The van der Waals surface area contributed by atoms with Crippen LogP contribution in [0.5, 0.6) is 0 Å². The van der Waals surface area contributed by atoms with Crippen LogP contribution in [0.25, 0.3) is 0 Å². The van der Waals surface area contributed by atoms with Gasteiger partial charge in [0.1, 0.15) is 12.7 Å². The summed E-state index contributed by atoms with van der Waals surface area (Å²) in [6.07, 6.45) is -1.72. The number of ether oxygens (including phenoxy) is 3. The Morgan fingerprint density at radius 3 is 2.14 bits per heavy atom. The lowest BCUT2D eigenvalue weighted by Gasteiger charge is -2.14. The lowest BCUT2D eigenvalue weighted by atomic mass is 10.1. The molecule has 8 heteroatoms. The standard InChI is InChI=1S/C21H24N2O6/c1-15(29-19(24)18-9-4-3-5-10-18)14-28-21(26)23-13-17-8-6-7-16(11-17)12-22-20(25)27-2/h3-11,15H,12-14H2,1-2H3,(H,22,25)(H,23,26).